The van der Waals surface area contributed by atoms with Crippen LogP contribution in [0.1, 0.15) is 32.0 Å². The summed E-state index contributed by atoms with van der Waals surface area (Å²) in [5.74, 6) is -0.512. The van der Waals surface area contributed by atoms with Gasteiger partial charge in [-0.15, -0.1) is 0 Å². The third-order valence-corrected chi connectivity index (χ3v) is 5.24. The van der Waals surface area contributed by atoms with Gasteiger partial charge < -0.3 is 5.32 Å². The van der Waals surface area contributed by atoms with E-state index in [9.17, 15) is 13.2 Å². The van der Waals surface area contributed by atoms with Crippen LogP contribution in [0.4, 0.5) is 0 Å². The fourth-order valence-electron chi connectivity index (χ4n) is 2.14. The van der Waals surface area contributed by atoms with Crippen LogP contribution in [0.3, 0.4) is 0 Å². The van der Waals surface area contributed by atoms with Crippen molar-refractivity contribution < 1.29 is 13.2 Å². The molecule has 1 unspecified atom stereocenters. The van der Waals surface area contributed by atoms with E-state index in [-0.39, 0.29) is 29.0 Å². The number of aromatic nitrogens is 2. The van der Waals surface area contributed by atoms with E-state index in [1.54, 1.807) is 22.9 Å². The molecule has 1 heterocycles. The summed E-state index contributed by atoms with van der Waals surface area (Å²) in [5.41, 5.74) is 0.756. The molecule has 124 valence electrons. The van der Waals surface area contributed by atoms with Crippen molar-refractivity contribution in [1.82, 2.24) is 15.1 Å². The van der Waals surface area contributed by atoms with E-state index >= 15 is 0 Å². The van der Waals surface area contributed by atoms with Gasteiger partial charge in [0.15, 0.2) is 9.84 Å². The highest BCUT2D eigenvalue weighted by molar-refractivity contribution is 7.91. The molecule has 0 saturated heterocycles. The first-order valence-electron chi connectivity index (χ1n) is 7.53. The summed E-state index contributed by atoms with van der Waals surface area (Å²) in [6.07, 6.45) is 1.77. The number of benzene rings is 1. The van der Waals surface area contributed by atoms with E-state index in [2.05, 4.69) is 10.4 Å². The van der Waals surface area contributed by atoms with Crippen LogP contribution in [0.2, 0.25) is 0 Å². The summed E-state index contributed by atoms with van der Waals surface area (Å²) in [6, 6.07) is 9.74. The van der Waals surface area contributed by atoms with Gasteiger partial charge in [-0.1, -0.05) is 18.2 Å². The van der Waals surface area contributed by atoms with Crippen molar-refractivity contribution in [2.45, 2.75) is 37.8 Å². The highest BCUT2D eigenvalue weighted by Crippen LogP contribution is 2.12. The second-order valence-corrected chi connectivity index (χ2v) is 7.38. The number of nitrogens with zero attached hydrogens (tertiary/aromatic N) is 2. The first-order chi connectivity index (χ1) is 10.9. The molecule has 6 nitrogen and oxygen atoms in total. The Morgan fingerprint density at radius 3 is 2.57 bits per heavy atom. The number of hydrogen-bond acceptors (Lipinski definition) is 4. The van der Waals surface area contributed by atoms with Gasteiger partial charge >= 0.3 is 0 Å². The van der Waals surface area contributed by atoms with Gasteiger partial charge in [0.2, 0.25) is 5.91 Å². The summed E-state index contributed by atoms with van der Waals surface area (Å²) >= 11 is 0. The minimum absolute atomic E-state index is 0.0734. The van der Waals surface area contributed by atoms with Crippen molar-refractivity contribution in [2.24, 2.45) is 0 Å². The third-order valence-electron chi connectivity index (χ3n) is 3.51. The lowest BCUT2D eigenvalue weighted by molar-refractivity contribution is -0.121. The van der Waals surface area contributed by atoms with Gasteiger partial charge in [0, 0.05) is 19.2 Å². The average molecular weight is 335 g/mol. The van der Waals surface area contributed by atoms with Crippen LogP contribution in [0.15, 0.2) is 47.5 Å². The minimum Gasteiger partial charge on any atom is -0.348 e. The van der Waals surface area contributed by atoms with Crippen molar-refractivity contribution in [1.29, 1.82) is 0 Å². The molecule has 0 aliphatic rings. The lowest BCUT2D eigenvalue weighted by Gasteiger charge is -2.11. The predicted molar refractivity (Wildman–Crippen MR) is 87.6 cm³/mol. The van der Waals surface area contributed by atoms with Crippen LogP contribution in [0, 0.1) is 0 Å². The van der Waals surface area contributed by atoms with Gasteiger partial charge in [-0.2, -0.15) is 5.10 Å². The van der Waals surface area contributed by atoms with Crippen LogP contribution < -0.4 is 5.32 Å². The molecule has 1 amide bonds. The zero-order valence-corrected chi connectivity index (χ0v) is 14.1. The van der Waals surface area contributed by atoms with Crippen molar-refractivity contribution in [2.75, 3.05) is 5.75 Å². The molecule has 7 heteroatoms. The first-order valence-corrected chi connectivity index (χ1v) is 9.18. The Bertz CT molecular complexity index is 754. The van der Waals surface area contributed by atoms with Crippen molar-refractivity contribution in [3.63, 3.8) is 0 Å². The number of carbonyl (C=O) groups excluding carboxylic acids is 1. The maximum atomic E-state index is 12.1. The standard InChI is InChI=1S/C16H21N3O3S/c1-3-19-11-9-15(18-19)13(2)17-16(20)10-12-23(21,22)14-7-5-4-6-8-14/h4-9,11,13H,3,10,12H2,1-2H3,(H,17,20). The lowest BCUT2D eigenvalue weighted by atomic mass is 10.2. The highest BCUT2D eigenvalue weighted by atomic mass is 32.2. The Kier molecular flexibility index (Phi) is 5.54. The Morgan fingerprint density at radius 2 is 1.96 bits per heavy atom. The normalized spacial score (nSPS) is 12.8. The smallest absolute Gasteiger partial charge is 0.221 e. The van der Waals surface area contributed by atoms with Crippen LogP contribution in [-0.2, 0) is 21.2 Å². The van der Waals surface area contributed by atoms with Gasteiger partial charge in [-0.3, -0.25) is 9.48 Å². The van der Waals surface area contributed by atoms with Crippen LogP contribution in [0.5, 0.6) is 0 Å². The molecule has 0 aliphatic heterocycles. The van der Waals surface area contributed by atoms with E-state index in [4.69, 9.17) is 0 Å². The summed E-state index contributed by atoms with van der Waals surface area (Å²) in [4.78, 5) is 12.2. The van der Waals surface area contributed by atoms with Crippen molar-refractivity contribution in [3.05, 3.63) is 48.3 Å². The largest absolute Gasteiger partial charge is 0.348 e. The Morgan fingerprint density at radius 1 is 1.26 bits per heavy atom. The Balaban J connectivity index is 1.90. The molecule has 2 rings (SSSR count). The predicted octanol–water partition coefficient (Wildman–Crippen LogP) is 1.94. The summed E-state index contributed by atoms with van der Waals surface area (Å²) < 4.78 is 26.1. The molecule has 0 saturated carbocycles. The lowest BCUT2D eigenvalue weighted by Crippen LogP contribution is -2.28. The molecule has 1 aromatic carbocycles. The average Bonchev–Trinajstić information content (AvgIpc) is 3.03. The Hall–Kier alpha value is -2.15. The summed E-state index contributed by atoms with van der Waals surface area (Å²) in [6.45, 7) is 4.57. The number of aryl methyl sites for hydroxylation is 1. The molecule has 1 atom stereocenters. The maximum absolute atomic E-state index is 12.1. The fourth-order valence-corrected chi connectivity index (χ4v) is 3.41. The topological polar surface area (TPSA) is 81.1 Å². The van der Waals surface area contributed by atoms with Gasteiger partial charge in [0.1, 0.15) is 0 Å². The monoisotopic (exact) mass is 335 g/mol. The van der Waals surface area contributed by atoms with Crippen LogP contribution >= 0.6 is 0 Å². The Labute approximate surface area is 136 Å². The minimum atomic E-state index is -3.44. The molecule has 1 N–H and O–H groups in total. The fraction of sp³-hybridized carbons (Fsp3) is 0.375. The van der Waals surface area contributed by atoms with E-state index in [0.717, 1.165) is 12.2 Å². The second-order valence-electron chi connectivity index (χ2n) is 5.27. The van der Waals surface area contributed by atoms with E-state index < -0.39 is 9.84 Å². The molecule has 0 radical (unpaired) electrons. The molecule has 1 aromatic heterocycles. The van der Waals surface area contributed by atoms with Gasteiger partial charge in [-0.25, -0.2) is 8.42 Å². The molecule has 0 fully saturated rings. The highest BCUT2D eigenvalue weighted by Gasteiger charge is 2.18. The summed E-state index contributed by atoms with van der Waals surface area (Å²) in [7, 11) is -3.44. The molecule has 0 aliphatic carbocycles. The number of amides is 1. The van der Waals surface area contributed by atoms with Crippen LogP contribution in [0.25, 0.3) is 0 Å². The van der Waals surface area contributed by atoms with Gasteiger partial charge in [0.25, 0.3) is 0 Å². The molecular formula is C16H21N3O3S. The van der Waals surface area contributed by atoms with Crippen molar-refractivity contribution in [3.8, 4) is 0 Å². The molecule has 0 spiro atoms. The SMILES string of the molecule is CCn1ccc(C(C)NC(=O)CCS(=O)(=O)c2ccccc2)n1. The second kappa shape index (κ2) is 7.41. The molecular weight excluding hydrogens is 314 g/mol. The number of rotatable bonds is 7. The maximum Gasteiger partial charge on any atom is 0.221 e. The first kappa shape index (κ1) is 17.2. The molecule has 23 heavy (non-hydrogen) atoms. The van der Waals surface area contributed by atoms with Gasteiger partial charge in [0.05, 0.1) is 22.4 Å². The number of carbonyl (C=O) groups is 1. The quantitative estimate of drug-likeness (QED) is 0.838. The zero-order valence-electron chi connectivity index (χ0n) is 13.3. The number of sulfone groups is 1. The van der Waals surface area contributed by atoms with E-state index in [0.29, 0.717) is 0 Å². The third kappa shape index (κ3) is 4.66. The number of hydrogen-bond donors (Lipinski definition) is 1. The number of nitrogens with one attached hydrogen (secondary N) is 1. The van der Waals surface area contributed by atoms with Crippen LogP contribution in [-0.4, -0.2) is 29.9 Å². The van der Waals surface area contributed by atoms with Crippen molar-refractivity contribution >= 4 is 15.7 Å². The van der Waals surface area contributed by atoms with E-state index in [1.165, 1.54) is 12.1 Å². The molecule has 0 bridgehead atoms. The summed E-state index contributed by atoms with van der Waals surface area (Å²) in [5, 5.41) is 7.10. The van der Waals surface area contributed by atoms with Gasteiger partial charge in [-0.05, 0) is 32.0 Å². The zero-order chi connectivity index (χ0) is 16.9. The van der Waals surface area contributed by atoms with E-state index in [1.807, 2.05) is 26.1 Å². The molecule has 2 aromatic rings.